The molecule has 0 fully saturated rings. The Labute approximate surface area is 122 Å². The molecule has 0 heterocycles. The molecule has 2 N–H and O–H groups in total. The van der Waals surface area contributed by atoms with Gasteiger partial charge in [-0.2, -0.15) is 0 Å². The molecule has 4 heteroatoms. The lowest BCUT2D eigenvalue weighted by Crippen LogP contribution is -2.18. The van der Waals surface area contributed by atoms with Gasteiger partial charge in [-0.1, -0.05) is 35.5 Å². The third kappa shape index (κ3) is 3.96. The van der Waals surface area contributed by atoms with E-state index < -0.39 is 0 Å². The van der Waals surface area contributed by atoms with Crippen molar-refractivity contribution in [2.45, 2.75) is 29.2 Å². The zero-order valence-electron chi connectivity index (χ0n) is 10.6. The van der Waals surface area contributed by atoms with Crippen LogP contribution in [0.15, 0.2) is 52.3 Å². The predicted octanol–water partition coefficient (Wildman–Crippen LogP) is 4.52. The van der Waals surface area contributed by atoms with Gasteiger partial charge in [-0.15, -0.1) is 0 Å². The van der Waals surface area contributed by atoms with Gasteiger partial charge in [-0.3, -0.25) is 0 Å². The molecule has 0 aliphatic heterocycles. The number of hydrogen-bond acceptors (Lipinski definition) is 2. The van der Waals surface area contributed by atoms with Gasteiger partial charge >= 0.3 is 0 Å². The van der Waals surface area contributed by atoms with Crippen molar-refractivity contribution in [2.75, 3.05) is 0 Å². The van der Waals surface area contributed by atoms with Gasteiger partial charge in [0.05, 0.1) is 5.02 Å². The first-order valence-electron chi connectivity index (χ1n) is 6.02. The van der Waals surface area contributed by atoms with E-state index in [4.69, 9.17) is 17.3 Å². The van der Waals surface area contributed by atoms with Gasteiger partial charge in [0.25, 0.3) is 0 Å². The third-order valence-corrected chi connectivity index (χ3v) is 4.26. The van der Waals surface area contributed by atoms with E-state index >= 15 is 0 Å². The van der Waals surface area contributed by atoms with Crippen LogP contribution in [0.25, 0.3) is 0 Å². The third-order valence-electron chi connectivity index (χ3n) is 2.62. The van der Waals surface area contributed by atoms with Gasteiger partial charge in [-0.25, -0.2) is 4.39 Å². The van der Waals surface area contributed by atoms with Crippen LogP contribution in [0.5, 0.6) is 0 Å². The van der Waals surface area contributed by atoms with Crippen molar-refractivity contribution in [2.24, 2.45) is 5.73 Å². The Hall–Kier alpha value is -1.03. The number of halogens is 2. The minimum absolute atomic E-state index is 0.00704. The van der Waals surface area contributed by atoms with Gasteiger partial charge in [0.1, 0.15) is 5.82 Å². The molecule has 0 aromatic heterocycles. The SMILES string of the molecule is CC(N)Cc1cc(F)ccc1Sc1ccccc1Cl. The lowest BCUT2D eigenvalue weighted by atomic mass is 10.1. The smallest absolute Gasteiger partial charge is 0.123 e. The predicted molar refractivity (Wildman–Crippen MR) is 79.3 cm³/mol. The molecule has 2 rings (SSSR count). The number of rotatable bonds is 4. The monoisotopic (exact) mass is 295 g/mol. The molecule has 0 saturated heterocycles. The fourth-order valence-electron chi connectivity index (χ4n) is 1.80. The van der Waals surface area contributed by atoms with Crippen molar-refractivity contribution in [3.8, 4) is 0 Å². The first kappa shape index (κ1) is 14.4. The van der Waals surface area contributed by atoms with Crippen LogP contribution in [0.4, 0.5) is 4.39 Å². The Morgan fingerprint density at radius 3 is 2.63 bits per heavy atom. The molecule has 0 aliphatic rings. The quantitative estimate of drug-likeness (QED) is 0.897. The highest BCUT2D eigenvalue weighted by atomic mass is 35.5. The molecule has 0 radical (unpaired) electrons. The minimum Gasteiger partial charge on any atom is -0.328 e. The van der Waals surface area contributed by atoms with Crippen molar-refractivity contribution in [1.82, 2.24) is 0 Å². The molecule has 0 aliphatic carbocycles. The van der Waals surface area contributed by atoms with Crippen molar-refractivity contribution in [3.63, 3.8) is 0 Å². The second kappa shape index (κ2) is 6.42. The van der Waals surface area contributed by atoms with Crippen molar-refractivity contribution >= 4 is 23.4 Å². The summed E-state index contributed by atoms with van der Waals surface area (Å²) in [5, 5.41) is 0.698. The molecule has 100 valence electrons. The zero-order chi connectivity index (χ0) is 13.8. The summed E-state index contributed by atoms with van der Waals surface area (Å²) in [6.45, 7) is 1.91. The molecule has 0 amide bonds. The fourth-order valence-corrected chi connectivity index (χ4v) is 3.01. The van der Waals surface area contributed by atoms with Crippen molar-refractivity contribution in [1.29, 1.82) is 0 Å². The summed E-state index contributed by atoms with van der Waals surface area (Å²) in [7, 11) is 0. The Kier molecular flexibility index (Phi) is 4.86. The number of nitrogens with two attached hydrogens (primary N) is 1. The van der Waals surface area contributed by atoms with Gasteiger partial charge in [0, 0.05) is 15.8 Å². The number of hydrogen-bond donors (Lipinski definition) is 1. The molecule has 2 aromatic carbocycles. The molecule has 19 heavy (non-hydrogen) atoms. The average molecular weight is 296 g/mol. The first-order chi connectivity index (χ1) is 9.06. The van der Waals surface area contributed by atoms with E-state index in [0.29, 0.717) is 11.4 Å². The van der Waals surface area contributed by atoms with Gasteiger partial charge in [0.15, 0.2) is 0 Å². The van der Waals surface area contributed by atoms with Gasteiger partial charge in [0.2, 0.25) is 0 Å². The van der Waals surface area contributed by atoms with E-state index in [1.54, 1.807) is 12.1 Å². The highest BCUT2D eigenvalue weighted by Crippen LogP contribution is 2.35. The molecular formula is C15H15ClFNS. The molecule has 1 atom stereocenters. The topological polar surface area (TPSA) is 26.0 Å². The van der Waals surface area contributed by atoms with Crippen LogP contribution in [0.2, 0.25) is 5.02 Å². The van der Waals surface area contributed by atoms with E-state index in [1.807, 2.05) is 31.2 Å². The van der Waals surface area contributed by atoms with Crippen LogP contribution >= 0.6 is 23.4 Å². The second-order valence-electron chi connectivity index (χ2n) is 4.47. The Morgan fingerprint density at radius 2 is 1.95 bits per heavy atom. The molecule has 0 spiro atoms. The maximum Gasteiger partial charge on any atom is 0.123 e. The summed E-state index contributed by atoms with van der Waals surface area (Å²) in [5.41, 5.74) is 6.73. The maximum absolute atomic E-state index is 13.3. The summed E-state index contributed by atoms with van der Waals surface area (Å²) in [4.78, 5) is 1.95. The average Bonchev–Trinajstić information content (AvgIpc) is 2.34. The number of benzene rings is 2. The fraction of sp³-hybridized carbons (Fsp3) is 0.200. The highest BCUT2D eigenvalue weighted by Gasteiger charge is 2.09. The molecule has 0 bridgehead atoms. The van der Waals surface area contributed by atoms with Gasteiger partial charge < -0.3 is 5.73 Å². The van der Waals surface area contributed by atoms with Gasteiger partial charge in [-0.05, 0) is 49.2 Å². The second-order valence-corrected chi connectivity index (χ2v) is 5.96. The summed E-state index contributed by atoms with van der Waals surface area (Å²) in [5.74, 6) is -0.237. The Balaban J connectivity index is 2.32. The lowest BCUT2D eigenvalue weighted by molar-refractivity contribution is 0.620. The van der Waals surface area contributed by atoms with E-state index in [-0.39, 0.29) is 11.9 Å². The standard InChI is InChI=1S/C15H15ClFNS/c1-10(18)8-11-9-12(17)6-7-14(11)19-15-5-3-2-4-13(15)16/h2-7,9-10H,8,18H2,1H3. The normalized spacial score (nSPS) is 12.4. The Bertz CT molecular complexity index is 572. The summed E-state index contributed by atoms with van der Waals surface area (Å²) >= 11 is 7.68. The van der Waals surface area contributed by atoms with E-state index in [1.165, 1.54) is 17.8 Å². The van der Waals surface area contributed by atoms with Crippen LogP contribution in [0, 0.1) is 5.82 Å². The summed E-state index contributed by atoms with van der Waals surface area (Å²) in [6, 6.07) is 12.4. The molecule has 0 saturated carbocycles. The molecular weight excluding hydrogens is 281 g/mol. The van der Waals surface area contributed by atoms with Crippen LogP contribution in [-0.4, -0.2) is 6.04 Å². The summed E-state index contributed by atoms with van der Waals surface area (Å²) in [6.07, 6.45) is 0.643. The largest absolute Gasteiger partial charge is 0.328 e. The van der Waals surface area contributed by atoms with Crippen molar-refractivity contribution in [3.05, 3.63) is 58.9 Å². The van der Waals surface area contributed by atoms with Crippen molar-refractivity contribution < 1.29 is 4.39 Å². The first-order valence-corrected chi connectivity index (χ1v) is 7.22. The molecule has 2 aromatic rings. The Morgan fingerprint density at radius 1 is 1.21 bits per heavy atom. The summed E-state index contributed by atoms with van der Waals surface area (Å²) < 4.78 is 13.3. The maximum atomic E-state index is 13.3. The molecule has 1 unspecified atom stereocenters. The van der Waals surface area contributed by atoms with E-state index in [9.17, 15) is 4.39 Å². The van der Waals surface area contributed by atoms with Crippen LogP contribution < -0.4 is 5.73 Å². The minimum atomic E-state index is -0.237. The van der Waals surface area contributed by atoms with E-state index in [0.717, 1.165) is 15.4 Å². The van der Waals surface area contributed by atoms with Crippen LogP contribution in [0.3, 0.4) is 0 Å². The van der Waals surface area contributed by atoms with E-state index in [2.05, 4.69) is 0 Å². The van der Waals surface area contributed by atoms with Crippen LogP contribution in [-0.2, 0) is 6.42 Å². The lowest BCUT2D eigenvalue weighted by Gasteiger charge is -2.12. The zero-order valence-corrected chi connectivity index (χ0v) is 12.1. The molecule has 1 nitrogen and oxygen atoms in total. The van der Waals surface area contributed by atoms with Crippen LogP contribution in [0.1, 0.15) is 12.5 Å². The highest BCUT2D eigenvalue weighted by molar-refractivity contribution is 7.99.